The van der Waals surface area contributed by atoms with E-state index in [4.69, 9.17) is 0 Å². The topological polar surface area (TPSA) is 21.6 Å². The van der Waals surface area contributed by atoms with Crippen LogP contribution in [0.1, 0.15) is 25.7 Å². The van der Waals surface area contributed by atoms with Gasteiger partial charge in [0.1, 0.15) is 7.11 Å². The van der Waals surface area contributed by atoms with Crippen LogP contribution in [0.3, 0.4) is 0 Å². The van der Waals surface area contributed by atoms with E-state index in [2.05, 4.69) is 28.8 Å². The van der Waals surface area contributed by atoms with E-state index in [1.165, 1.54) is 7.11 Å². The standard InChI is InChI=1S/C9H14NO/c1-3-4-5-6-7-8-9-10-11-2/h9H,1,3-5,8H2,2H3. The van der Waals surface area contributed by atoms with Crippen LogP contribution in [0.15, 0.2) is 5.16 Å². The van der Waals surface area contributed by atoms with Gasteiger partial charge in [0.2, 0.25) is 0 Å². The van der Waals surface area contributed by atoms with Crippen LogP contribution in [-0.4, -0.2) is 13.3 Å². The maximum absolute atomic E-state index is 4.46. The lowest BCUT2D eigenvalue weighted by atomic mass is 10.2. The highest BCUT2D eigenvalue weighted by Crippen LogP contribution is 1.89. The summed E-state index contributed by atoms with van der Waals surface area (Å²) in [6.45, 7) is 3.72. The van der Waals surface area contributed by atoms with E-state index < -0.39 is 0 Å². The molecular formula is C9H14NO. The van der Waals surface area contributed by atoms with Crippen molar-refractivity contribution in [3.63, 3.8) is 0 Å². The number of hydrogen-bond donors (Lipinski definition) is 0. The maximum atomic E-state index is 4.46. The SMILES string of the molecule is [CH2]CCCC#CCC=NOC. The molecular weight excluding hydrogens is 138 g/mol. The second-order valence-electron chi connectivity index (χ2n) is 1.99. The monoisotopic (exact) mass is 152 g/mol. The minimum absolute atomic E-state index is 0.672. The Morgan fingerprint density at radius 2 is 2.36 bits per heavy atom. The Morgan fingerprint density at radius 3 is 3.00 bits per heavy atom. The Labute approximate surface area is 68.6 Å². The molecule has 0 rings (SSSR count). The molecule has 0 heterocycles. The van der Waals surface area contributed by atoms with E-state index in [9.17, 15) is 0 Å². The second kappa shape index (κ2) is 9.03. The van der Waals surface area contributed by atoms with Gasteiger partial charge in [-0.25, -0.2) is 0 Å². The normalized spacial score (nSPS) is 9.27. The Bertz CT molecular complexity index is 153. The fourth-order valence-corrected chi connectivity index (χ4v) is 0.531. The molecule has 0 fully saturated rings. The molecule has 61 valence electrons. The molecule has 0 aliphatic carbocycles. The van der Waals surface area contributed by atoms with Gasteiger partial charge in [0.15, 0.2) is 0 Å². The highest BCUT2D eigenvalue weighted by molar-refractivity contribution is 5.60. The lowest BCUT2D eigenvalue weighted by Gasteiger charge is -1.83. The zero-order valence-corrected chi connectivity index (χ0v) is 6.97. The summed E-state index contributed by atoms with van der Waals surface area (Å²) < 4.78 is 0. The predicted octanol–water partition coefficient (Wildman–Crippen LogP) is 2.02. The summed E-state index contributed by atoms with van der Waals surface area (Å²) in [6, 6.07) is 0. The number of unbranched alkanes of at least 4 members (excludes halogenated alkanes) is 2. The molecule has 0 spiro atoms. The summed E-state index contributed by atoms with van der Waals surface area (Å²) in [5.41, 5.74) is 0. The maximum Gasteiger partial charge on any atom is 0.106 e. The van der Waals surface area contributed by atoms with Gasteiger partial charge < -0.3 is 4.84 Å². The van der Waals surface area contributed by atoms with Gasteiger partial charge in [0, 0.05) is 12.8 Å². The molecule has 0 aromatic heterocycles. The molecule has 11 heavy (non-hydrogen) atoms. The molecule has 0 amide bonds. The summed E-state index contributed by atoms with van der Waals surface area (Å²) in [5.74, 6) is 5.96. The molecule has 0 N–H and O–H groups in total. The van der Waals surface area contributed by atoms with Crippen molar-refractivity contribution in [1.29, 1.82) is 0 Å². The van der Waals surface area contributed by atoms with E-state index in [1.807, 2.05) is 0 Å². The molecule has 0 aliphatic heterocycles. The molecule has 0 unspecified atom stereocenters. The van der Waals surface area contributed by atoms with Crippen molar-refractivity contribution >= 4 is 6.21 Å². The Kier molecular flexibility index (Phi) is 8.23. The first-order chi connectivity index (χ1) is 5.41. The average Bonchev–Trinajstić information content (AvgIpc) is 2.03. The van der Waals surface area contributed by atoms with Crippen LogP contribution >= 0.6 is 0 Å². The molecule has 0 saturated carbocycles. The van der Waals surface area contributed by atoms with Gasteiger partial charge in [-0.1, -0.05) is 24.4 Å². The molecule has 0 aromatic rings. The van der Waals surface area contributed by atoms with E-state index in [0.29, 0.717) is 6.42 Å². The third-order valence-electron chi connectivity index (χ3n) is 1.05. The molecule has 1 radical (unpaired) electrons. The van der Waals surface area contributed by atoms with Crippen molar-refractivity contribution in [2.45, 2.75) is 25.7 Å². The molecule has 2 nitrogen and oxygen atoms in total. The van der Waals surface area contributed by atoms with Gasteiger partial charge in [-0.15, -0.1) is 5.92 Å². The van der Waals surface area contributed by atoms with Crippen LogP contribution in [0.2, 0.25) is 0 Å². The first-order valence-electron chi connectivity index (χ1n) is 3.71. The summed E-state index contributed by atoms with van der Waals surface area (Å²) in [4.78, 5) is 4.46. The van der Waals surface area contributed by atoms with E-state index >= 15 is 0 Å². The third-order valence-corrected chi connectivity index (χ3v) is 1.05. The predicted molar refractivity (Wildman–Crippen MR) is 47.1 cm³/mol. The molecule has 0 bridgehead atoms. The largest absolute Gasteiger partial charge is 0.399 e. The fourth-order valence-electron chi connectivity index (χ4n) is 0.531. The van der Waals surface area contributed by atoms with Crippen molar-refractivity contribution in [3.8, 4) is 11.8 Å². The van der Waals surface area contributed by atoms with E-state index in [1.54, 1.807) is 6.21 Å². The van der Waals surface area contributed by atoms with Gasteiger partial charge in [-0.2, -0.15) is 0 Å². The Balaban J connectivity index is 3.18. The molecule has 0 saturated heterocycles. The summed E-state index contributed by atoms with van der Waals surface area (Å²) in [7, 11) is 1.52. The lowest BCUT2D eigenvalue weighted by molar-refractivity contribution is 0.215. The lowest BCUT2D eigenvalue weighted by Crippen LogP contribution is -1.73. The van der Waals surface area contributed by atoms with E-state index in [0.717, 1.165) is 19.3 Å². The van der Waals surface area contributed by atoms with Crippen LogP contribution in [-0.2, 0) is 4.84 Å². The van der Waals surface area contributed by atoms with Crippen LogP contribution in [0, 0.1) is 18.8 Å². The Hall–Kier alpha value is -0.970. The summed E-state index contributed by atoms with van der Waals surface area (Å²) in [5, 5.41) is 3.55. The average molecular weight is 152 g/mol. The number of oxime groups is 1. The summed E-state index contributed by atoms with van der Waals surface area (Å²) in [6.07, 6.45) is 5.29. The van der Waals surface area contributed by atoms with Crippen LogP contribution in [0.25, 0.3) is 0 Å². The number of hydrogen-bond acceptors (Lipinski definition) is 2. The molecule has 0 atom stereocenters. The minimum atomic E-state index is 0.672. The quantitative estimate of drug-likeness (QED) is 0.261. The van der Waals surface area contributed by atoms with Crippen molar-refractivity contribution < 1.29 is 4.84 Å². The molecule has 0 aromatic carbocycles. The fraction of sp³-hybridized carbons (Fsp3) is 0.556. The van der Waals surface area contributed by atoms with Gasteiger partial charge in [-0.05, 0) is 6.42 Å². The zero-order chi connectivity index (χ0) is 8.36. The number of rotatable bonds is 4. The summed E-state index contributed by atoms with van der Waals surface area (Å²) >= 11 is 0. The van der Waals surface area contributed by atoms with E-state index in [-0.39, 0.29) is 0 Å². The third kappa shape index (κ3) is 9.03. The van der Waals surface area contributed by atoms with Crippen molar-refractivity contribution in [2.75, 3.05) is 7.11 Å². The van der Waals surface area contributed by atoms with Gasteiger partial charge in [-0.3, -0.25) is 0 Å². The molecule has 2 heteroatoms. The van der Waals surface area contributed by atoms with Crippen LogP contribution in [0.4, 0.5) is 0 Å². The van der Waals surface area contributed by atoms with Crippen molar-refractivity contribution in [2.24, 2.45) is 5.16 Å². The highest BCUT2D eigenvalue weighted by atomic mass is 16.6. The first-order valence-corrected chi connectivity index (χ1v) is 3.71. The van der Waals surface area contributed by atoms with Gasteiger partial charge >= 0.3 is 0 Å². The van der Waals surface area contributed by atoms with Crippen LogP contribution in [0.5, 0.6) is 0 Å². The van der Waals surface area contributed by atoms with Gasteiger partial charge in [0.25, 0.3) is 0 Å². The second-order valence-corrected chi connectivity index (χ2v) is 1.99. The Morgan fingerprint density at radius 1 is 1.55 bits per heavy atom. The van der Waals surface area contributed by atoms with Crippen LogP contribution < -0.4 is 0 Å². The van der Waals surface area contributed by atoms with Crippen molar-refractivity contribution in [3.05, 3.63) is 6.92 Å². The zero-order valence-electron chi connectivity index (χ0n) is 6.97. The minimum Gasteiger partial charge on any atom is -0.399 e. The first kappa shape index (κ1) is 10.0. The highest BCUT2D eigenvalue weighted by Gasteiger charge is 1.75. The molecule has 0 aliphatic rings. The smallest absolute Gasteiger partial charge is 0.106 e. The van der Waals surface area contributed by atoms with Crippen molar-refractivity contribution in [1.82, 2.24) is 0 Å². The number of nitrogens with zero attached hydrogens (tertiary/aromatic N) is 1. The van der Waals surface area contributed by atoms with Gasteiger partial charge in [0.05, 0.1) is 6.21 Å².